The molecule has 16 heavy (non-hydrogen) atoms. The van der Waals surface area contributed by atoms with E-state index >= 15 is 0 Å². The molecule has 4 nitrogen and oxygen atoms in total. The van der Waals surface area contributed by atoms with Crippen LogP contribution in [-0.2, 0) is 9.84 Å². The lowest BCUT2D eigenvalue weighted by molar-refractivity contribution is -0.109. The van der Waals surface area contributed by atoms with E-state index in [1.54, 1.807) is 0 Å². The summed E-state index contributed by atoms with van der Waals surface area (Å²) in [7, 11) is -3.13. The molecular weight excluding hydrogens is 228 g/mol. The van der Waals surface area contributed by atoms with Gasteiger partial charge < -0.3 is 10.2 Å². The quantitative estimate of drug-likeness (QED) is 0.771. The standard InChI is InChI=1S/C11H22O4S/c1-3-11(13,4-2)10(8-12)6-5-7-16(14,15)9-10/h12-13H,3-9H2,1-2H3. The zero-order chi connectivity index (χ0) is 12.4. The summed E-state index contributed by atoms with van der Waals surface area (Å²) in [5, 5.41) is 20.1. The summed E-state index contributed by atoms with van der Waals surface area (Å²) in [5.74, 6) is 0.0902. The van der Waals surface area contributed by atoms with Crippen molar-refractivity contribution in [1.82, 2.24) is 0 Å². The van der Waals surface area contributed by atoms with Crippen molar-refractivity contribution in [3.63, 3.8) is 0 Å². The summed E-state index contributed by atoms with van der Waals surface area (Å²) in [6.07, 6.45) is 2.06. The Morgan fingerprint density at radius 2 is 1.88 bits per heavy atom. The zero-order valence-electron chi connectivity index (χ0n) is 10.1. The first-order valence-corrected chi connectivity index (χ1v) is 7.70. The van der Waals surface area contributed by atoms with Crippen molar-refractivity contribution < 1.29 is 18.6 Å². The van der Waals surface area contributed by atoms with Gasteiger partial charge in [0, 0.05) is 5.41 Å². The summed E-state index contributed by atoms with van der Waals surface area (Å²) in [4.78, 5) is 0. The van der Waals surface area contributed by atoms with E-state index in [-0.39, 0.29) is 18.1 Å². The third-order valence-electron chi connectivity index (χ3n) is 4.07. The molecule has 1 fully saturated rings. The van der Waals surface area contributed by atoms with Crippen molar-refractivity contribution in [1.29, 1.82) is 0 Å². The molecule has 0 amide bonds. The topological polar surface area (TPSA) is 74.6 Å². The molecule has 0 aromatic heterocycles. The minimum absolute atomic E-state index is 0.0886. The van der Waals surface area contributed by atoms with E-state index in [1.807, 2.05) is 13.8 Å². The Balaban J connectivity index is 3.10. The molecule has 5 heteroatoms. The highest BCUT2D eigenvalue weighted by molar-refractivity contribution is 7.91. The van der Waals surface area contributed by atoms with E-state index in [1.165, 1.54) is 0 Å². The van der Waals surface area contributed by atoms with Gasteiger partial charge in [-0.3, -0.25) is 0 Å². The van der Waals surface area contributed by atoms with Crippen LogP contribution in [0.2, 0.25) is 0 Å². The Bertz CT molecular complexity index is 332. The van der Waals surface area contributed by atoms with Crippen molar-refractivity contribution in [2.45, 2.75) is 45.1 Å². The van der Waals surface area contributed by atoms with Crippen LogP contribution in [0.4, 0.5) is 0 Å². The molecule has 96 valence electrons. The molecule has 0 bridgehead atoms. The van der Waals surface area contributed by atoms with E-state index in [9.17, 15) is 18.6 Å². The molecule has 0 aromatic rings. The van der Waals surface area contributed by atoms with Gasteiger partial charge in [0.05, 0.1) is 23.7 Å². The monoisotopic (exact) mass is 250 g/mol. The molecule has 0 radical (unpaired) electrons. The van der Waals surface area contributed by atoms with Crippen molar-refractivity contribution >= 4 is 9.84 Å². The van der Waals surface area contributed by atoms with Gasteiger partial charge in [-0.2, -0.15) is 0 Å². The number of sulfone groups is 1. The van der Waals surface area contributed by atoms with Gasteiger partial charge in [-0.1, -0.05) is 13.8 Å². The van der Waals surface area contributed by atoms with Gasteiger partial charge >= 0.3 is 0 Å². The molecule has 1 aliphatic rings. The van der Waals surface area contributed by atoms with Gasteiger partial charge in [-0.15, -0.1) is 0 Å². The molecule has 0 spiro atoms. The lowest BCUT2D eigenvalue weighted by Gasteiger charge is -2.47. The number of hydrogen-bond donors (Lipinski definition) is 2. The highest BCUT2D eigenvalue weighted by Gasteiger charge is 2.51. The smallest absolute Gasteiger partial charge is 0.151 e. The normalized spacial score (nSPS) is 30.2. The summed E-state index contributed by atoms with van der Waals surface area (Å²) in [6, 6.07) is 0. The van der Waals surface area contributed by atoms with Gasteiger partial charge in [0.25, 0.3) is 0 Å². The summed E-state index contributed by atoms with van der Waals surface area (Å²) in [6.45, 7) is 3.41. The molecule has 1 aliphatic heterocycles. The number of aliphatic hydroxyl groups excluding tert-OH is 1. The van der Waals surface area contributed by atoms with Gasteiger partial charge in [0.15, 0.2) is 9.84 Å². The van der Waals surface area contributed by atoms with E-state index in [2.05, 4.69) is 0 Å². The molecular formula is C11H22O4S. The van der Waals surface area contributed by atoms with Gasteiger partial charge in [0.1, 0.15) is 0 Å². The first kappa shape index (κ1) is 13.9. The van der Waals surface area contributed by atoms with Crippen LogP contribution in [0.5, 0.6) is 0 Å². The van der Waals surface area contributed by atoms with Crippen LogP contribution in [-0.4, -0.2) is 42.3 Å². The van der Waals surface area contributed by atoms with Crippen LogP contribution in [0.3, 0.4) is 0 Å². The third kappa shape index (κ3) is 2.26. The lowest BCUT2D eigenvalue weighted by Crippen LogP contribution is -2.56. The second-order valence-electron chi connectivity index (χ2n) is 4.87. The molecule has 0 aliphatic carbocycles. The minimum Gasteiger partial charge on any atom is -0.396 e. The SMILES string of the molecule is CCC(O)(CC)C1(CO)CCCS(=O)(=O)C1. The fourth-order valence-electron chi connectivity index (χ4n) is 2.83. The predicted octanol–water partition coefficient (Wildman–Crippen LogP) is 0.725. The van der Waals surface area contributed by atoms with Crippen molar-refractivity contribution in [3.05, 3.63) is 0 Å². The summed E-state index contributed by atoms with van der Waals surface area (Å²) >= 11 is 0. The maximum Gasteiger partial charge on any atom is 0.151 e. The van der Waals surface area contributed by atoms with Gasteiger partial charge in [0.2, 0.25) is 0 Å². The number of hydrogen-bond acceptors (Lipinski definition) is 4. The molecule has 1 unspecified atom stereocenters. The lowest BCUT2D eigenvalue weighted by atomic mass is 9.68. The number of aliphatic hydroxyl groups is 2. The summed E-state index contributed by atoms with van der Waals surface area (Å²) in [5.41, 5.74) is -1.94. The van der Waals surface area contributed by atoms with Crippen molar-refractivity contribution in [3.8, 4) is 0 Å². The van der Waals surface area contributed by atoms with Crippen LogP contribution < -0.4 is 0 Å². The van der Waals surface area contributed by atoms with Crippen molar-refractivity contribution in [2.24, 2.45) is 5.41 Å². The Labute approximate surface area is 97.6 Å². The molecule has 1 rings (SSSR count). The Morgan fingerprint density at radius 1 is 1.31 bits per heavy atom. The van der Waals surface area contributed by atoms with E-state index < -0.39 is 20.9 Å². The van der Waals surface area contributed by atoms with Crippen LogP contribution in [0.25, 0.3) is 0 Å². The highest BCUT2D eigenvalue weighted by atomic mass is 32.2. The number of rotatable bonds is 4. The summed E-state index contributed by atoms with van der Waals surface area (Å²) < 4.78 is 23.4. The van der Waals surface area contributed by atoms with Crippen LogP contribution in [0.15, 0.2) is 0 Å². The second-order valence-corrected chi connectivity index (χ2v) is 7.06. The largest absolute Gasteiger partial charge is 0.396 e. The molecule has 0 aromatic carbocycles. The van der Waals surface area contributed by atoms with Gasteiger partial charge in [-0.05, 0) is 25.7 Å². The average Bonchev–Trinajstić information content (AvgIpc) is 2.26. The van der Waals surface area contributed by atoms with E-state index in [4.69, 9.17) is 0 Å². The first-order valence-electron chi connectivity index (χ1n) is 5.88. The van der Waals surface area contributed by atoms with Crippen molar-refractivity contribution in [2.75, 3.05) is 18.1 Å². The molecule has 1 saturated heterocycles. The van der Waals surface area contributed by atoms with E-state index in [0.29, 0.717) is 25.7 Å². The van der Waals surface area contributed by atoms with Crippen LogP contribution in [0, 0.1) is 5.41 Å². The molecule has 0 saturated carbocycles. The second kappa shape index (κ2) is 4.63. The van der Waals surface area contributed by atoms with Gasteiger partial charge in [-0.25, -0.2) is 8.42 Å². The predicted molar refractivity (Wildman–Crippen MR) is 62.9 cm³/mol. The maximum atomic E-state index is 11.7. The Hall–Kier alpha value is -0.130. The fourth-order valence-corrected chi connectivity index (χ4v) is 4.91. The molecule has 1 heterocycles. The Kier molecular flexibility index (Phi) is 4.03. The van der Waals surface area contributed by atoms with Crippen LogP contribution >= 0.6 is 0 Å². The average molecular weight is 250 g/mol. The van der Waals surface area contributed by atoms with E-state index in [0.717, 1.165) is 0 Å². The maximum absolute atomic E-state index is 11.7. The zero-order valence-corrected chi connectivity index (χ0v) is 10.9. The van der Waals surface area contributed by atoms with Crippen LogP contribution in [0.1, 0.15) is 39.5 Å². The molecule has 1 atom stereocenters. The Morgan fingerprint density at radius 3 is 2.25 bits per heavy atom. The fraction of sp³-hybridized carbons (Fsp3) is 1.00. The highest BCUT2D eigenvalue weighted by Crippen LogP contribution is 2.44. The molecule has 2 N–H and O–H groups in total. The third-order valence-corrected chi connectivity index (χ3v) is 5.97. The minimum atomic E-state index is -3.13. The first-order chi connectivity index (χ1) is 7.35.